The van der Waals surface area contributed by atoms with Gasteiger partial charge in [-0.05, 0) is 80.1 Å². The summed E-state index contributed by atoms with van der Waals surface area (Å²) in [6.07, 6.45) is -1.65. The number of benzene rings is 2. The minimum Gasteiger partial charge on any atom is -0.497 e. The van der Waals surface area contributed by atoms with Crippen LogP contribution in [0.4, 0.5) is 13.2 Å². The van der Waals surface area contributed by atoms with Gasteiger partial charge in [0.25, 0.3) is 11.8 Å². The fourth-order valence-corrected chi connectivity index (χ4v) is 4.90. The summed E-state index contributed by atoms with van der Waals surface area (Å²) < 4.78 is 43.7. The second-order valence-corrected chi connectivity index (χ2v) is 9.42. The zero-order valence-electron chi connectivity index (χ0n) is 20.6. The zero-order valence-corrected chi connectivity index (χ0v) is 20.6. The van der Waals surface area contributed by atoms with Crippen LogP contribution in [0.25, 0.3) is 0 Å². The van der Waals surface area contributed by atoms with Gasteiger partial charge in [-0.1, -0.05) is 0 Å². The summed E-state index contributed by atoms with van der Waals surface area (Å²) in [5, 5.41) is 2.93. The van der Waals surface area contributed by atoms with Crippen molar-refractivity contribution >= 4 is 17.7 Å². The number of ether oxygens (including phenoxy) is 1. The smallest absolute Gasteiger partial charge is 0.416 e. The summed E-state index contributed by atoms with van der Waals surface area (Å²) in [4.78, 5) is 42.6. The molecule has 4 rings (SSSR count). The lowest BCUT2D eigenvalue weighted by Crippen LogP contribution is -2.54. The molecule has 7 nitrogen and oxygen atoms in total. The predicted octanol–water partition coefficient (Wildman–Crippen LogP) is 3.99. The first-order valence-electron chi connectivity index (χ1n) is 12.4. The number of piperidine rings is 1. The van der Waals surface area contributed by atoms with Crippen molar-refractivity contribution in [3.05, 3.63) is 65.2 Å². The van der Waals surface area contributed by atoms with Gasteiger partial charge in [-0.3, -0.25) is 14.4 Å². The third-order valence-corrected chi connectivity index (χ3v) is 7.08. The Balaban J connectivity index is 1.43. The number of carbonyl (C=O) groups excluding carboxylic acids is 3. The average molecular weight is 518 g/mol. The van der Waals surface area contributed by atoms with E-state index < -0.39 is 17.8 Å². The fourth-order valence-electron chi connectivity index (χ4n) is 4.90. The van der Waals surface area contributed by atoms with Crippen LogP contribution >= 0.6 is 0 Å². The van der Waals surface area contributed by atoms with Gasteiger partial charge < -0.3 is 19.9 Å². The molecule has 2 heterocycles. The molecule has 1 atom stereocenters. The molecule has 2 aliphatic rings. The summed E-state index contributed by atoms with van der Waals surface area (Å²) in [6.45, 7) is 1.98. The maximum Gasteiger partial charge on any atom is 0.416 e. The third kappa shape index (κ3) is 6.23. The summed E-state index contributed by atoms with van der Waals surface area (Å²) in [7, 11) is 1.54. The summed E-state index contributed by atoms with van der Waals surface area (Å²) in [5.74, 6) is -0.384. The number of carbonyl (C=O) groups is 3. The second kappa shape index (κ2) is 11.2. The summed E-state index contributed by atoms with van der Waals surface area (Å²) in [6, 6.07) is 10.1. The number of hydrogen-bond donors (Lipinski definition) is 1. The van der Waals surface area contributed by atoms with Crippen LogP contribution in [-0.2, 0) is 11.0 Å². The van der Waals surface area contributed by atoms with E-state index in [9.17, 15) is 27.6 Å². The maximum absolute atomic E-state index is 13.4. The van der Waals surface area contributed by atoms with Crippen molar-refractivity contribution in [1.82, 2.24) is 15.1 Å². The molecule has 2 aliphatic heterocycles. The molecule has 37 heavy (non-hydrogen) atoms. The van der Waals surface area contributed by atoms with Gasteiger partial charge in [0.2, 0.25) is 5.91 Å². The molecule has 0 aliphatic carbocycles. The van der Waals surface area contributed by atoms with E-state index in [4.69, 9.17) is 4.74 Å². The Morgan fingerprint density at radius 1 is 0.865 bits per heavy atom. The monoisotopic (exact) mass is 517 g/mol. The highest BCUT2D eigenvalue weighted by molar-refractivity contribution is 5.98. The van der Waals surface area contributed by atoms with Gasteiger partial charge in [0.1, 0.15) is 11.8 Å². The first kappa shape index (κ1) is 26.5. The van der Waals surface area contributed by atoms with Crippen LogP contribution in [0, 0.1) is 5.92 Å². The Hall–Kier alpha value is -3.56. The Morgan fingerprint density at radius 3 is 1.97 bits per heavy atom. The molecule has 2 aromatic carbocycles. The Morgan fingerprint density at radius 2 is 1.43 bits per heavy atom. The molecule has 0 bridgehead atoms. The minimum absolute atomic E-state index is 0.119. The van der Waals surface area contributed by atoms with Gasteiger partial charge in [0.15, 0.2) is 0 Å². The van der Waals surface area contributed by atoms with Gasteiger partial charge in [-0.15, -0.1) is 0 Å². The van der Waals surface area contributed by atoms with Crippen LogP contribution in [0.3, 0.4) is 0 Å². The molecule has 198 valence electrons. The largest absolute Gasteiger partial charge is 0.497 e. The SMILES string of the molecule is COc1ccc(C(=O)N[C@H](C(=O)N2CCCC2)C2CCN(C(=O)c3ccc(C(F)(F)F)cc3)CC2)cc1. The van der Waals surface area contributed by atoms with Gasteiger partial charge in [-0.25, -0.2) is 0 Å². The van der Waals surface area contributed by atoms with Crippen LogP contribution in [0.2, 0.25) is 0 Å². The highest BCUT2D eigenvalue weighted by Gasteiger charge is 2.37. The molecule has 0 spiro atoms. The highest BCUT2D eigenvalue weighted by Crippen LogP contribution is 2.30. The van der Waals surface area contributed by atoms with Crippen LogP contribution in [0.15, 0.2) is 48.5 Å². The molecule has 2 saturated heterocycles. The van der Waals surface area contributed by atoms with E-state index in [-0.39, 0.29) is 29.2 Å². The van der Waals surface area contributed by atoms with Crippen LogP contribution in [0.1, 0.15) is 52.0 Å². The lowest BCUT2D eigenvalue weighted by Gasteiger charge is -2.37. The van der Waals surface area contributed by atoms with E-state index in [0.717, 1.165) is 25.0 Å². The number of nitrogens with zero attached hydrogens (tertiary/aromatic N) is 2. The number of rotatable bonds is 6. The minimum atomic E-state index is -4.47. The second-order valence-electron chi connectivity index (χ2n) is 9.42. The molecular weight excluding hydrogens is 487 g/mol. The van der Waals surface area contributed by atoms with Gasteiger partial charge in [0.05, 0.1) is 12.7 Å². The fraction of sp³-hybridized carbons (Fsp3) is 0.444. The zero-order chi connectivity index (χ0) is 26.6. The quantitative estimate of drug-likeness (QED) is 0.629. The number of likely N-dealkylation sites (tertiary alicyclic amines) is 2. The molecule has 2 aromatic rings. The van der Waals surface area contributed by atoms with Gasteiger partial charge >= 0.3 is 6.18 Å². The maximum atomic E-state index is 13.4. The molecular formula is C27H30F3N3O4. The van der Waals surface area contributed by atoms with Crippen molar-refractivity contribution in [3.63, 3.8) is 0 Å². The Labute approximate surface area is 213 Å². The average Bonchev–Trinajstić information content (AvgIpc) is 3.46. The van der Waals surface area contributed by atoms with E-state index in [1.165, 1.54) is 19.2 Å². The topological polar surface area (TPSA) is 79.0 Å². The standard InChI is InChI=1S/C27H30F3N3O4/c1-37-22-10-6-19(7-11-22)24(34)31-23(26(36)32-14-2-3-15-32)18-12-16-33(17-13-18)25(35)20-4-8-21(9-5-20)27(28,29)30/h4-11,18,23H,2-3,12-17H2,1H3,(H,31,34)/t23-/m0/s1. The molecule has 0 unspecified atom stereocenters. The number of halogens is 3. The number of nitrogens with one attached hydrogen (secondary N) is 1. The molecule has 0 saturated carbocycles. The van der Waals surface area contributed by atoms with E-state index in [0.29, 0.717) is 50.3 Å². The lowest BCUT2D eigenvalue weighted by atomic mass is 9.88. The van der Waals surface area contributed by atoms with Crippen molar-refractivity contribution < 1.29 is 32.3 Å². The first-order chi connectivity index (χ1) is 17.7. The van der Waals surface area contributed by atoms with Gasteiger partial charge in [-0.2, -0.15) is 13.2 Å². The van der Waals surface area contributed by atoms with E-state index in [1.807, 2.05) is 0 Å². The molecule has 0 radical (unpaired) electrons. The van der Waals surface area contributed by atoms with Crippen molar-refractivity contribution in [1.29, 1.82) is 0 Å². The normalized spacial score (nSPS) is 17.4. The number of alkyl halides is 3. The van der Waals surface area contributed by atoms with E-state index in [1.54, 1.807) is 34.1 Å². The van der Waals surface area contributed by atoms with Gasteiger partial charge in [0, 0.05) is 37.3 Å². The van der Waals surface area contributed by atoms with Crippen LogP contribution in [-0.4, -0.2) is 66.9 Å². The molecule has 2 fully saturated rings. The van der Waals surface area contributed by atoms with Crippen molar-refractivity contribution in [3.8, 4) is 5.75 Å². The molecule has 0 aromatic heterocycles. The summed E-state index contributed by atoms with van der Waals surface area (Å²) >= 11 is 0. The Kier molecular flexibility index (Phi) is 8.04. The third-order valence-electron chi connectivity index (χ3n) is 7.08. The van der Waals surface area contributed by atoms with Crippen molar-refractivity contribution in [2.24, 2.45) is 5.92 Å². The number of hydrogen-bond acceptors (Lipinski definition) is 4. The van der Waals surface area contributed by atoms with Crippen molar-refractivity contribution in [2.45, 2.75) is 37.9 Å². The molecule has 3 amide bonds. The van der Waals surface area contributed by atoms with E-state index >= 15 is 0 Å². The van der Waals surface area contributed by atoms with Crippen molar-refractivity contribution in [2.75, 3.05) is 33.3 Å². The number of methoxy groups -OCH3 is 1. The van der Waals surface area contributed by atoms with Crippen LogP contribution < -0.4 is 10.1 Å². The first-order valence-corrected chi connectivity index (χ1v) is 12.4. The Bertz CT molecular complexity index is 1110. The molecule has 1 N–H and O–H groups in total. The highest BCUT2D eigenvalue weighted by atomic mass is 19.4. The van der Waals surface area contributed by atoms with E-state index in [2.05, 4.69) is 5.32 Å². The molecule has 10 heteroatoms. The number of amides is 3. The predicted molar refractivity (Wildman–Crippen MR) is 130 cm³/mol. The van der Waals surface area contributed by atoms with Crippen LogP contribution in [0.5, 0.6) is 5.75 Å². The summed E-state index contributed by atoms with van der Waals surface area (Å²) in [5.41, 5.74) is -0.211. The lowest BCUT2D eigenvalue weighted by molar-refractivity contribution is -0.137.